The number of hydrogen-bond acceptors (Lipinski definition) is 5. The zero-order valence-electron chi connectivity index (χ0n) is 9.44. The second-order valence-corrected chi connectivity index (χ2v) is 3.13. The van der Waals surface area contributed by atoms with Gasteiger partial charge in [-0.05, 0) is 6.92 Å². The van der Waals surface area contributed by atoms with Gasteiger partial charge >= 0.3 is 11.9 Å². The first kappa shape index (κ1) is 12.1. The van der Waals surface area contributed by atoms with Gasteiger partial charge in [-0.1, -0.05) is 0 Å². The highest BCUT2D eigenvalue weighted by atomic mass is 16.5. The molecule has 0 fully saturated rings. The van der Waals surface area contributed by atoms with Gasteiger partial charge in [-0.3, -0.25) is 0 Å². The van der Waals surface area contributed by atoms with Gasteiger partial charge < -0.3 is 19.8 Å². The maximum Gasteiger partial charge on any atom is 0.356 e. The number of aryl methyl sites for hydroxylation is 1. The molecule has 6 heteroatoms. The highest BCUT2D eigenvalue weighted by Gasteiger charge is 2.23. The lowest BCUT2D eigenvalue weighted by atomic mass is 10.2. The second kappa shape index (κ2) is 4.69. The normalized spacial score (nSPS) is 9.94. The van der Waals surface area contributed by atoms with E-state index in [0.717, 1.165) is 0 Å². The molecule has 1 aromatic heterocycles. The Morgan fingerprint density at radius 3 is 2.56 bits per heavy atom. The molecule has 0 aliphatic heterocycles. The Bertz CT molecular complexity index is 423. The molecule has 6 nitrogen and oxygen atoms in total. The number of ether oxygens (including phenoxy) is 2. The Morgan fingerprint density at radius 2 is 2.06 bits per heavy atom. The lowest BCUT2D eigenvalue weighted by Gasteiger charge is -2.02. The van der Waals surface area contributed by atoms with Crippen molar-refractivity contribution in [3.8, 4) is 0 Å². The predicted molar refractivity (Wildman–Crippen MR) is 57.1 cm³/mol. The van der Waals surface area contributed by atoms with Gasteiger partial charge in [0.15, 0.2) is 5.69 Å². The maximum absolute atomic E-state index is 11.5. The Kier molecular flexibility index (Phi) is 3.55. The molecule has 0 aliphatic rings. The van der Waals surface area contributed by atoms with Crippen molar-refractivity contribution in [2.45, 2.75) is 6.92 Å². The van der Waals surface area contributed by atoms with E-state index in [2.05, 4.69) is 4.74 Å². The molecule has 0 bridgehead atoms. The van der Waals surface area contributed by atoms with E-state index in [0.29, 0.717) is 0 Å². The molecule has 0 unspecified atom stereocenters. The van der Waals surface area contributed by atoms with Crippen LogP contribution in [-0.2, 0) is 16.5 Å². The molecule has 16 heavy (non-hydrogen) atoms. The molecule has 1 rings (SSSR count). The first-order valence-electron chi connectivity index (χ1n) is 4.73. The van der Waals surface area contributed by atoms with Gasteiger partial charge in [0, 0.05) is 13.2 Å². The van der Waals surface area contributed by atoms with Crippen LogP contribution in [0.5, 0.6) is 0 Å². The molecule has 1 heterocycles. The molecular formula is C10H14N2O4. The number of nitrogens with zero attached hydrogens (tertiary/aromatic N) is 1. The fourth-order valence-corrected chi connectivity index (χ4v) is 1.37. The molecule has 0 aliphatic carbocycles. The fourth-order valence-electron chi connectivity index (χ4n) is 1.37. The number of aromatic nitrogens is 1. The summed E-state index contributed by atoms with van der Waals surface area (Å²) in [5.74, 6) is -1.14. The maximum atomic E-state index is 11.5. The number of hydrogen-bond donors (Lipinski definition) is 1. The fraction of sp³-hybridized carbons (Fsp3) is 0.400. The zero-order valence-corrected chi connectivity index (χ0v) is 9.44. The van der Waals surface area contributed by atoms with E-state index in [1.165, 1.54) is 17.9 Å². The third-order valence-corrected chi connectivity index (χ3v) is 2.09. The summed E-state index contributed by atoms with van der Waals surface area (Å²) in [7, 11) is 2.85. The number of anilines is 1. The summed E-state index contributed by atoms with van der Waals surface area (Å²) < 4.78 is 10.8. The SMILES string of the molecule is CCOC(=O)c1cn(C)c(C(=O)OC)c1N. The van der Waals surface area contributed by atoms with Crippen molar-refractivity contribution in [2.24, 2.45) is 7.05 Å². The van der Waals surface area contributed by atoms with Gasteiger partial charge in [0.2, 0.25) is 0 Å². The van der Waals surface area contributed by atoms with Crippen molar-refractivity contribution in [1.29, 1.82) is 0 Å². The van der Waals surface area contributed by atoms with E-state index in [9.17, 15) is 9.59 Å². The van der Waals surface area contributed by atoms with Crippen LogP contribution in [0.4, 0.5) is 5.69 Å². The molecule has 0 amide bonds. The number of nitrogen functional groups attached to an aromatic ring is 1. The summed E-state index contributed by atoms with van der Waals surface area (Å²) in [6.07, 6.45) is 1.44. The lowest BCUT2D eigenvalue weighted by molar-refractivity contribution is 0.0527. The summed E-state index contributed by atoms with van der Waals surface area (Å²) in [6, 6.07) is 0. The van der Waals surface area contributed by atoms with Gasteiger partial charge in [-0.2, -0.15) is 0 Å². The Hall–Kier alpha value is -1.98. The van der Waals surface area contributed by atoms with Crippen LogP contribution in [0.3, 0.4) is 0 Å². The summed E-state index contributed by atoms with van der Waals surface area (Å²) in [4.78, 5) is 22.8. The van der Waals surface area contributed by atoms with Crippen LogP contribution in [0.2, 0.25) is 0 Å². The molecule has 1 aromatic rings. The summed E-state index contributed by atoms with van der Waals surface area (Å²) in [5, 5.41) is 0. The Morgan fingerprint density at radius 1 is 1.44 bits per heavy atom. The lowest BCUT2D eigenvalue weighted by Crippen LogP contribution is -2.10. The van der Waals surface area contributed by atoms with Crippen molar-refractivity contribution >= 4 is 17.6 Å². The van der Waals surface area contributed by atoms with Crippen LogP contribution in [0.15, 0.2) is 6.20 Å². The number of carbonyl (C=O) groups excluding carboxylic acids is 2. The first-order valence-corrected chi connectivity index (χ1v) is 4.73. The van der Waals surface area contributed by atoms with Crippen LogP contribution < -0.4 is 5.73 Å². The van der Waals surface area contributed by atoms with Gasteiger partial charge in [0.05, 0.1) is 19.4 Å². The predicted octanol–water partition coefficient (Wildman–Crippen LogP) is 0.571. The van der Waals surface area contributed by atoms with Gasteiger partial charge in [0.25, 0.3) is 0 Å². The number of nitrogens with two attached hydrogens (primary N) is 1. The van der Waals surface area contributed by atoms with Crippen molar-refractivity contribution in [3.05, 3.63) is 17.5 Å². The minimum Gasteiger partial charge on any atom is -0.464 e. The molecule has 0 spiro atoms. The number of esters is 2. The van der Waals surface area contributed by atoms with Crippen molar-refractivity contribution in [3.63, 3.8) is 0 Å². The van der Waals surface area contributed by atoms with Gasteiger partial charge in [-0.15, -0.1) is 0 Å². The van der Waals surface area contributed by atoms with Crippen LogP contribution >= 0.6 is 0 Å². The van der Waals surface area contributed by atoms with E-state index in [-0.39, 0.29) is 23.6 Å². The number of methoxy groups -OCH3 is 1. The Labute approximate surface area is 92.9 Å². The Balaban J connectivity index is 3.16. The van der Waals surface area contributed by atoms with E-state index < -0.39 is 11.9 Å². The zero-order chi connectivity index (χ0) is 12.3. The van der Waals surface area contributed by atoms with E-state index >= 15 is 0 Å². The highest BCUT2D eigenvalue weighted by molar-refractivity contribution is 6.03. The van der Waals surface area contributed by atoms with Crippen LogP contribution in [-0.4, -0.2) is 30.2 Å². The van der Waals surface area contributed by atoms with Crippen LogP contribution in [0, 0.1) is 0 Å². The minimum atomic E-state index is -0.587. The molecule has 88 valence electrons. The summed E-state index contributed by atoms with van der Waals surface area (Å²) >= 11 is 0. The standard InChI is InChI=1S/C10H14N2O4/c1-4-16-9(13)6-5-12(2)8(7(6)11)10(14)15-3/h5H,4,11H2,1-3H3. The van der Waals surface area contributed by atoms with Crippen molar-refractivity contribution < 1.29 is 19.1 Å². The van der Waals surface area contributed by atoms with E-state index in [1.54, 1.807) is 14.0 Å². The van der Waals surface area contributed by atoms with Crippen molar-refractivity contribution in [2.75, 3.05) is 19.5 Å². The minimum absolute atomic E-state index is 0.0767. The molecule has 0 saturated carbocycles. The smallest absolute Gasteiger partial charge is 0.356 e. The first-order chi connectivity index (χ1) is 7.52. The van der Waals surface area contributed by atoms with Gasteiger partial charge in [-0.25, -0.2) is 9.59 Å². The number of carbonyl (C=O) groups is 2. The summed E-state index contributed by atoms with van der Waals surface area (Å²) in [6.45, 7) is 1.94. The molecule has 0 radical (unpaired) electrons. The topological polar surface area (TPSA) is 83.5 Å². The summed E-state index contributed by atoms with van der Waals surface area (Å²) in [5.41, 5.74) is 6.08. The molecule has 0 aromatic carbocycles. The number of rotatable bonds is 3. The third-order valence-electron chi connectivity index (χ3n) is 2.09. The quantitative estimate of drug-likeness (QED) is 0.762. The van der Waals surface area contributed by atoms with Gasteiger partial charge in [0.1, 0.15) is 5.56 Å². The van der Waals surface area contributed by atoms with Crippen molar-refractivity contribution in [1.82, 2.24) is 4.57 Å². The molecular weight excluding hydrogens is 212 g/mol. The van der Waals surface area contributed by atoms with E-state index in [1.807, 2.05) is 0 Å². The monoisotopic (exact) mass is 226 g/mol. The highest BCUT2D eigenvalue weighted by Crippen LogP contribution is 2.21. The second-order valence-electron chi connectivity index (χ2n) is 3.13. The molecule has 0 atom stereocenters. The average molecular weight is 226 g/mol. The molecule has 2 N–H and O–H groups in total. The molecule has 0 saturated heterocycles. The largest absolute Gasteiger partial charge is 0.464 e. The van der Waals surface area contributed by atoms with Crippen LogP contribution in [0.1, 0.15) is 27.8 Å². The average Bonchev–Trinajstić information content (AvgIpc) is 2.54. The van der Waals surface area contributed by atoms with E-state index in [4.69, 9.17) is 10.5 Å². The third kappa shape index (κ3) is 2.00. The van der Waals surface area contributed by atoms with Crippen LogP contribution in [0.25, 0.3) is 0 Å².